The number of nitrogens with one attached hydrogen (secondary N) is 1. The average molecular weight is 444 g/mol. The molecule has 3 aromatic rings. The minimum atomic E-state index is -0.462. The predicted molar refractivity (Wildman–Crippen MR) is 125 cm³/mol. The Kier molecular flexibility index (Phi) is 6.59. The molecule has 1 heterocycles. The first-order chi connectivity index (χ1) is 16.0. The summed E-state index contributed by atoms with van der Waals surface area (Å²) in [6.45, 7) is 2.73. The smallest absolute Gasteiger partial charge is 0.282 e. The monoisotopic (exact) mass is 444 g/mol. The highest BCUT2D eigenvalue weighted by molar-refractivity contribution is 6.31. The number of nitrogens with zero attached hydrogens (tertiary/aromatic N) is 1. The Balaban J connectivity index is 1.42. The van der Waals surface area contributed by atoms with Gasteiger partial charge in [0.1, 0.15) is 24.5 Å². The van der Waals surface area contributed by atoms with Crippen molar-refractivity contribution in [2.45, 2.75) is 6.92 Å². The van der Waals surface area contributed by atoms with E-state index in [0.29, 0.717) is 36.0 Å². The summed E-state index contributed by atoms with van der Waals surface area (Å²) in [6.07, 6.45) is 1.54. The Morgan fingerprint density at radius 3 is 2.33 bits per heavy atom. The van der Waals surface area contributed by atoms with Crippen LogP contribution in [0.5, 0.6) is 17.2 Å². The van der Waals surface area contributed by atoms with Gasteiger partial charge in [-0.3, -0.25) is 15.0 Å². The third kappa shape index (κ3) is 5.15. The van der Waals surface area contributed by atoms with Crippen molar-refractivity contribution in [2.24, 2.45) is 0 Å². The number of para-hydroxylation sites is 1. The van der Waals surface area contributed by atoms with Crippen LogP contribution in [0.2, 0.25) is 0 Å². The first-order valence-corrected chi connectivity index (χ1v) is 10.5. The quantitative estimate of drug-likeness (QED) is 0.324. The third-order valence-electron chi connectivity index (χ3n) is 5.04. The van der Waals surface area contributed by atoms with E-state index in [1.54, 1.807) is 42.5 Å². The van der Waals surface area contributed by atoms with Gasteiger partial charge in [0, 0.05) is 0 Å². The van der Waals surface area contributed by atoms with Crippen LogP contribution in [0.15, 0.2) is 78.4 Å². The molecule has 7 nitrogen and oxygen atoms in total. The first kappa shape index (κ1) is 22.0. The summed E-state index contributed by atoms with van der Waals surface area (Å²) in [5.74, 6) is 0.933. The topological polar surface area (TPSA) is 77.1 Å². The minimum absolute atomic E-state index is 0.0427. The third-order valence-corrected chi connectivity index (χ3v) is 5.04. The van der Waals surface area contributed by atoms with Gasteiger partial charge in [0.15, 0.2) is 11.5 Å². The molecule has 7 heteroatoms. The number of hydrogen-bond donors (Lipinski definition) is 1. The lowest BCUT2D eigenvalue weighted by Crippen LogP contribution is -2.35. The molecular formula is C26H24N2O5. The van der Waals surface area contributed by atoms with Gasteiger partial charge in [0.25, 0.3) is 11.8 Å². The number of carbonyl (C=O) groups excluding carboxylic acids is 2. The molecular weight excluding hydrogens is 420 g/mol. The number of methoxy groups -OCH3 is 1. The second-order valence-electron chi connectivity index (χ2n) is 7.40. The van der Waals surface area contributed by atoms with Crippen molar-refractivity contribution in [3.05, 3.63) is 89.5 Å². The molecule has 1 saturated heterocycles. The Labute approximate surface area is 192 Å². The molecule has 1 fully saturated rings. The molecule has 0 aliphatic carbocycles. The van der Waals surface area contributed by atoms with Gasteiger partial charge in [-0.2, -0.15) is 0 Å². The molecule has 1 aliphatic heterocycles. The largest absolute Gasteiger partial charge is 0.493 e. The minimum Gasteiger partial charge on any atom is -0.493 e. The number of hydrazine groups is 1. The molecule has 168 valence electrons. The lowest BCUT2D eigenvalue weighted by molar-refractivity contribution is -0.117. The molecule has 0 spiro atoms. The van der Waals surface area contributed by atoms with Gasteiger partial charge in [-0.25, -0.2) is 5.01 Å². The summed E-state index contributed by atoms with van der Waals surface area (Å²) in [5, 5.41) is 1.23. The van der Waals surface area contributed by atoms with Gasteiger partial charge in [-0.15, -0.1) is 0 Å². The standard InChI is InChI=1S/C26H24N2O5/c1-18-8-11-21(12-9-18)32-14-15-33-23-13-10-19(17-24(23)31-2)16-22-25(29)27-28(26(22)30)20-6-4-3-5-7-20/h3-13,16-17H,14-15H2,1-2H3,(H,27,29)/b22-16+. The van der Waals surface area contributed by atoms with Crippen molar-refractivity contribution in [2.75, 3.05) is 25.3 Å². The molecule has 0 bridgehead atoms. The van der Waals surface area contributed by atoms with Crippen molar-refractivity contribution < 1.29 is 23.8 Å². The van der Waals surface area contributed by atoms with Crippen LogP contribution in [0.3, 0.4) is 0 Å². The first-order valence-electron chi connectivity index (χ1n) is 10.5. The van der Waals surface area contributed by atoms with E-state index in [0.717, 1.165) is 5.75 Å². The van der Waals surface area contributed by atoms with E-state index in [2.05, 4.69) is 5.43 Å². The Morgan fingerprint density at radius 1 is 0.879 bits per heavy atom. The van der Waals surface area contributed by atoms with Gasteiger partial charge in [0.2, 0.25) is 0 Å². The molecule has 3 aromatic carbocycles. The van der Waals surface area contributed by atoms with Crippen LogP contribution >= 0.6 is 0 Å². The van der Waals surface area contributed by atoms with E-state index in [1.165, 1.54) is 23.8 Å². The zero-order valence-corrected chi connectivity index (χ0v) is 18.4. The summed E-state index contributed by atoms with van der Waals surface area (Å²) >= 11 is 0. The number of anilines is 1. The summed E-state index contributed by atoms with van der Waals surface area (Å²) in [4.78, 5) is 25.1. The van der Waals surface area contributed by atoms with Gasteiger partial charge >= 0.3 is 0 Å². The highest BCUT2D eigenvalue weighted by Gasteiger charge is 2.34. The van der Waals surface area contributed by atoms with Crippen LogP contribution in [-0.4, -0.2) is 32.1 Å². The van der Waals surface area contributed by atoms with Gasteiger partial charge < -0.3 is 14.2 Å². The number of hydrogen-bond acceptors (Lipinski definition) is 5. The van der Waals surface area contributed by atoms with Crippen molar-refractivity contribution >= 4 is 23.6 Å². The normalized spacial score (nSPS) is 14.4. The Bertz CT molecular complexity index is 1170. The van der Waals surface area contributed by atoms with E-state index in [9.17, 15) is 9.59 Å². The van der Waals surface area contributed by atoms with E-state index in [4.69, 9.17) is 14.2 Å². The number of aryl methyl sites for hydroxylation is 1. The number of carbonyl (C=O) groups is 2. The van der Waals surface area contributed by atoms with E-state index in [1.807, 2.05) is 37.3 Å². The zero-order valence-electron chi connectivity index (χ0n) is 18.4. The van der Waals surface area contributed by atoms with Crippen LogP contribution in [0.4, 0.5) is 5.69 Å². The van der Waals surface area contributed by atoms with Crippen LogP contribution in [0, 0.1) is 6.92 Å². The maximum absolute atomic E-state index is 12.8. The zero-order chi connectivity index (χ0) is 23.2. The fourth-order valence-corrected chi connectivity index (χ4v) is 3.32. The maximum atomic E-state index is 12.8. The van der Waals surface area contributed by atoms with Crippen molar-refractivity contribution in [1.82, 2.24) is 5.43 Å². The molecule has 2 amide bonds. The van der Waals surface area contributed by atoms with Crippen molar-refractivity contribution in [3.8, 4) is 17.2 Å². The van der Waals surface area contributed by atoms with E-state index in [-0.39, 0.29) is 5.57 Å². The Morgan fingerprint density at radius 2 is 1.61 bits per heavy atom. The molecule has 0 aromatic heterocycles. The molecule has 4 rings (SSSR count). The van der Waals surface area contributed by atoms with Crippen LogP contribution < -0.4 is 24.6 Å². The van der Waals surface area contributed by atoms with Crippen molar-refractivity contribution in [1.29, 1.82) is 0 Å². The molecule has 0 atom stereocenters. The molecule has 0 saturated carbocycles. The van der Waals surface area contributed by atoms with Crippen LogP contribution in [0.25, 0.3) is 6.08 Å². The average Bonchev–Trinajstić information content (AvgIpc) is 3.12. The van der Waals surface area contributed by atoms with Crippen LogP contribution in [-0.2, 0) is 9.59 Å². The SMILES string of the molecule is COc1cc(/C=C2\C(=O)NN(c3ccccc3)C2=O)ccc1OCCOc1ccc(C)cc1. The van der Waals surface area contributed by atoms with Crippen LogP contribution in [0.1, 0.15) is 11.1 Å². The molecule has 0 radical (unpaired) electrons. The fraction of sp³-hybridized carbons (Fsp3) is 0.154. The lowest BCUT2D eigenvalue weighted by atomic mass is 10.1. The van der Waals surface area contributed by atoms with Gasteiger partial charge in [-0.1, -0.05) is 42.0 Å². The number of rotatable bonds is 8. The second-order valence-corrected chi connectivity index (χ2v) is 7.40. The van der Waals surface area contributed by atoms with E-state index < -0.39 is 11.8 Å². The predicted octanol–water partition coefficient (Wildman–Crippen LogP) is 3.92. The van der Waals surface area contributed by atoms with Gasteiger partial charge in [0.05, 0.1) is 12.8 Å². The molecule has 1 N–H and O–H groups in total. The summed E-state index contributed by atoms with van der Waals surface area (Å²) in [7, 11) is 1.53. The molecule has 1 aliphatic rings. The van der Waals surface area contributed by atoms with Gasteiger partial charge in [-0.05, 0) is 55.0 Å². The molecule has 33 heavy (non-hydrogen) atoms. The number of benzene rings is 3. The highest BCUT2D eigenvalue weighted by atomic mass is 16.5. The Hall–Kier alpha value is -4.26. The summed E-state index contributed by atoms with van der Waals surface area (Å²) < 4.78 is 16.9. The lowest BCUT2D eigenvalue weighted by Gasteiger charge is -2.14. The van der Waals surface area contributed by atoms with E-state index >= 15 is 0 Å². The summed E-state index contributed by atoms with van der Waals surface area (Å²) in [6, 6.07) is 22.0. The maximum Gasteiger partial charge on any atom is 0.282 e. The fourth-order valence-electron chi connectivity index (χ4n) is 3.32. The highest BCUT2D eigenvalue weighted by Crippen LogP contribution is 2.30. The number of ether oxygens (including phenoxy) is 3. The summed E-state index contributed by atoms with van der Waals surface area (Å²) in [5.41, 5.74) is 5.03. The second kappa shape index (κ2) is 9.91. The molecule has 0 unspecified atom stereocenters. The number of amides is 2. The van der Waals surface area contributed by atoms with Crippen molar-refractivity contribution in [3.63, 3.8) is 0 Å².